The zero-order chi connectivity index (χ0) is 12.2. The summed E-state index contributed by atoms with van der Waals surface area (Å²) in [5.74, 6) is 0.269. The fourth-order valence-corrected chi connectivity index (χ4v) is 1.51. The third-order valence-corrected chi connectivity index (χ3v) is 2.81. The summed E-state index contributed by atoms with van der Waals surface area (Å²) in [4.78, 5) is 11.3. The first kappa shape index (κ1) is 13.4. The number of nitrogens with zero attached hydrogens (tertiary/aromatic N) is 3. The van der Waals surface area contributed by atoms with Gasteiger partial charge in [0, 0.05) is 6.54 Å². The van der Waals surface area contributed by atoms with Crippen LogP contribution in [0.15, 0.2) is 0 Å². The highest BCUT2D eigenvalue weighted by Gasteiger charge is 2.22. The minimum absolute atomic E-state index is 0.0269. The van der Waals surface area contributed by atoms with Gasteiger partial charge in [-0.05, 0) is 36.0 Å². The zero-order valence-corrected chi connectivity index (χ0v) is 10.7. The van der Waals surface area contributed by atoms with Gasteiger partial charge in [0.05, 0.1) is 5.60 Å². The van der Waals surface area contributed by atoms with Gasteiger partial charge in [-0.1, -0.05) is 13.8 Å². The second-order valence-corrected chi connectivity index (χ2v) is 4.16. The Hall–Kier alpha value is -0.650. The van der Waals surface area contributed by atoms with Crippen LogP contribution in [0.2, 0.25) is 10.6 Å². The number of hydrogen-bond acceptors (Lipinski definition) is 5. The number of hydrogen-bond donors (Lipinski definition) is 2. The van der Waals surface area contributed by atoms with Gasteiger partial charge < -0.3 is 10.4 Å². The molecule has 1 aromatic rings. The lowest BCUT2D eigenvalue weighted by molar-refractivity contribution is 0.0455. The van der Waals surface area contributed by atoms with E-state index in [-0.39, 0.29) is 16.5 Å². The third kappa shape index (κ3) is 3.73. The Balaban J connectivity index is 2.67. The first-order chi connectivity index (χ1) is 7.49. The molecule has 0 aliphatic heterocycles. The van der Waals surface area contributed by atoms with Crippen molar-refractivity contribution in [2.24, 2.45) is 0 Å². The Labute approximate surface area is 104 Å². The van der Waals surface area contributed by atoms with E-state index in [2.05, 4.69) is 20.3 Å². The van der Waals surface area contributed by atoms with Gasteiger partial charge in [-0.2, -0.15) is 15.0 Å². The Morgan fingerprint density at radius 1 is 1.12 bits per heavy atom. The van der Waals surface area contributed by atoms with Crippen LogP contribution in [0, 0.1) is 0 Å². The van der Waals surface area contributed by atoms with Crippen LogP contribution >= 0.6 is 23.2 Å². The van der Waals surface area contributed by atoms with Crippen LogP contribution in [0.3, 0.4) is 0 Å². The lowest BCUT2D eigenvalue weighted by Crippen LogP contribution is -2.35. The molecule has 0 fully saturated rings. The van der Waals surface area contributed by atoms with Gasteiger partial charge >= 0.3 is 0 Å². The second kappa shape index (κ2) is 5.61. The summed E-state index contributed by atoms with van der Waals surface area (Å²) < 4.78 is 0. The van der Waals surface area contributed by atoms with E-state index in [9.17, 15) is 5.11 Å². The largest absolute Gasteiger partial charge is 0.388 e. The molecule has 2 N–H and O–H groups in total. The first-order valence-electron chi connectivity index (χ1n) is 5.02. The molecule has 5 nitrogen and oxygen atoms in total. The SMILES string of the molecule is CCC(O)(CC)CNc1nc(Cl)nc(Cl)n1. The number of aromatic nitrogens is 3. The highest BCUT2D eigenvalue weighted by molar-refractivity contribution is 6.31. The maximum absolute atomic E-state index is 10.0. The highest BCUT2D eigenvalue weighted by atomic mass is 35.5. The van der Waals surface area contributed by atoms with Crippen LogP contribution in [0.25, 0.3) is 0 Å². The summed E-state index contributed by atoms with van der Waals surface area (Å²) >= 11 is 11.2. The average Bonchev–Trinajstić information content (AvgIpc) is 2.25. The molecular weight excluding hydrogens is 251 g/mol. The van der Waals surface area contributed by atoms with E-state index in [0.717, 1.165) is 0 Å². The molecule has 0 bridgehead atoms. The number of rotatable bonds is 5. The van der Waals surface area contributed by atoms with E-state index in [1.807, 2.05) is 13.8 Å². The number of halogens is 2. The maximum Gasteiger partial charge on any atom is 0.228 e. The van der Waals surface area contributed by atoms with Gasteiger partial charge in [0.1, 0.15) is 0 Å². The normalized spacial score (nSPS) is 11.6. The van der Waals surface area contributed by atoms with E-state index in [1.54, 1.807) is 0 Å². The molecule has 0 saturated carbocycles. The predicted octanol–water partition coefficient (Wildman–Crippen LogP) is 2.14. The van der Waals surface area contributed by atoms with Crippen LogP contribution < -0.4 is 5.32 Å². The van der Waals surface area contributed by atoms with E-state index in [1.165, 1.54) is 0 Å². The van der Waals surface area contributed by atoms with Gasteiger partial charge in [0.15, 0.2) is 0 Å². The van der Waals surface area contributed by atoms with Crippen LogP contribution in [0.4, 0.5) is 5.95 Å². The van der Waals surface area contributed by atoms with E-state index >= 15 is 0 Å². The Bertz CT molecular complexity index is 337. The van der Waals surface area contributed by atoms with Crippen molar-refractivity contribution in [2.75, 3.05) is 11.9 Å². The van der Waals surface area contributed by atoms with Crippen molar-refractivity contribution in [3.8, 4) is 0 Å². The predicted molar refractivity (Wildman–Crippen MR) is 63.9 cm³/mol. The molecule has 0 amide bonds. The monoisotopic (exact) mass is 264 g/mol. The van der Waals surface area contributed by atoms with Crippen LogP contribution in [0.5, 0.6) is 0 Å². The van der Waals surface area contributed by atoms with Crippen molar-refractivity contribution < 1.29 is 5.11 Å². The van der Waals surface area contributed by atoms with E-state index < -0.39 is 5.60 Å². The van der Waals surface area contributed by atoms with Gasteiger partial charge in [-0.3, -0.25) is 0 Å². The lowest BCUT2D eigenvalue weighted by atomic mass is 9.98. The first-order valence-corrected chi connectivity index (χ1v) is 5.78. The second-order valence-electron chi connectivity index (χ2n) is 3.48. The molecule has 0 unspecified atom stereocenters. The van der Waals surface area contributed by atoms with Gasteiger partial charge in [-0.25, -0.2) is 0 Å². The molecule has 1 aromatic heterocycles. The molecule has 1 heterocycles. The maximum atomic E-state index is 10.0. The Morgan fingerprint density at radius 2 is 1.62 bits per heavy atom. The fraction of sp³-hybridized carbons (Fsp3) is 0.667. The highest BCUT2D eigenvalue weighted by Crippen LogP contribution is 2.16. The molecule has 0 aliphatic rings. The molecule has 0 spiro atoms. The zero-order valence-electron chi connectivity index (χ0n) is 9.17. The van der Waals surface area contributed by atoms with Gasteiger partial charge in [-0.15, -0.1) is 0 Å². The third-order valence-electron chi connectivity index (χ3n) is 2.47. The summed E-state index contributed by atoms with van der Waals surface area (Å²) in [6.45, 7) is 4.17. The quantitative estimate of drug-likeness (QED) is 0.853. The summed E-state index contributed by atoms with van der Waals surface area (Å²) in [5.41, 5.74) is -0.772. The molecule has 0 radical (unpaired) electrons. The van der Waals surface area contributed by atoms with Crippen molar-refractivity contribution in [3.63, 3.8) is 0 Å². The van der Waals surface area contributed by atoms with Crippen LogP contribution in [-0.2, 0) is 0 Å². The number of nitrogens with one attached hydrogen (secondary N) is 1. The summed E-state index contributed by atoms with van der Waals surface area (Å²) in [5, 5.41) is 13.0. The van der Waals surface area contributed by atoms with Gasteiger partial charge in [0.25, 0.3) is 0 Å². The van der Waals surface area contributed by atoms with E-state index in [0.29, 0.717) is 19.4 Å². The number of anilines is 1. The van der Waals surface area contributed by atoms with Crippen LogP contribution in [0.1, 0.15) is 26.7 Å². The fourth-order valence-electron chi connectivity index (χ4n) is 1.15. The molecule has 16 heavy (non-hydrogen) atoms. The standard InChI is InChI=1S/C9H14Cl2N4O/c1-3-9(16,4-2)5-12-8-14-6(10)13-7(11)15-8/h16H,3-5H2,1-2H3,(H,12,13,14,15). The summed E-state index contributed by atoms with van der Waals surface area (Å²) in [6, 6.07) is 0. The minimum atomic E-state index is -0.772. The summed E-state index contributed by atoms with van der Waals surface area (Å²) in [6.07, 6.45) is 1.28. The Morgan fingerprint density at radius 3 is 2.06 bits per heavy atom. The van der Waals surface area contributed by atoms with Crippen molar-refractivity contribution in [2.45, 2.75) is 32.3 Å². The van der Waals surface area contributed by atoms with Crippen LogP contribution in [-0.4, -0.2) is 32.2 Å². The molecular formula is C9H14Cl2N4O. The topological polar surface area (TPSA) is 70.9 Å². The molecule has 0 aromatic carbocycles. The molecule has 7 heteroatoms. The molecule has 0 aliphatic carbocycles. The lowest BCUT2D eigenvalue weighted by Gasteiger charge is -2.25. The average molecular weight is 265 g/mol. The molecule has 90 valence electrons. The van der Waals surface area contributed by atoms with Crippen molar-refractivity contribution in [1.29, 1.82) is 0 Å². The Kier molecular flexibility index (Phi) is 4.70. The van der Waals surface area contributed by atoms with E-state index in [4.69, 9.17) is 23.2 Å². The molecule has 0 atom stereocenters. The minimum Gasteiger partial charge on any atom is -0.388 e. The van der Waals surface area contributed by atoms with Crippen molar-refractivity contribution >= 4 is 29.2 Å². The molecule has 1 rings (SSSR count). The number of aliphatic hydroxyl groups is 1. The van der Waals surface area contributed by atoms with Crippen molar-refractivity contribution in [1.82, 2.24) is 15.0 Å². The smallest absolute Gasteiger partial charge is 0.228 e. The van der Waals surface area contributed by atoms with Crippen molar-refractivity contribution in [3.05, 3.63) is 10.6 Å². The summed E-state index contributed by atoms with van der Waals surface area (Å²) in [7, 11) is 0. The molecule has 0 saturated heterocycles. The van der Waals surface area contributed by atoms with Gasteiger partial charge in [0.2, 0.25) is 16.5 Å².